The standard InChI is InChI=1S/C18H21NO/c1-20-17-4-2-14(3-5-17)18(11-19)15-7-12-6-13(9-15)10-16(18)8-12/h2-5,12-13,15-16H,6-10H2,1H3. The van der Waals surface area contributed by atoms with Gasteiger partial charge < -0.3 is 4.74 Å². The van der Waals surface area contributed by atoms with Crippen LogP contribution in [0.4, 0.5) is 0 Å². The van der Waals surface area contributed by atoms with Crippen molar-refractivity contribution in [1.82, 2.24) is 0 Å². The molecule has 1 aromatic rings. The van der Waals surface area contributed by atoms with E-state index in [4.69, 9.17) is 4.74 Å². The van der Waals surface area contributed by atoms with Crippen molar-refractivity contribution < 1.29 is 4.74 Å². The van der Waals surface area contributed by atoms with Crippen molar-refractivity contribution in [2.45, 2.75) is 37.5 Å². The molecule has 0 radical (unpaired) electrons. The van der Waals surface area contributed by atoms with Crippen molar-refractivity contribution in [3.05, 3.63) is 29.8 Å². The molecule has 4 fully saturated rings. The monoisotopic (exact) mass is 267 g/mol. The van der Waals surface area contributed by atoms with Crippen LogP contribution in [-0.4, -0.2) is 7.11 Å². The predicted octanol–water partition coefficient (Wildman–Crippen LogP) is 3.91. The van der Waals surface area contributed by atoms with Gasteiger partial charge in [0.05, 0.1) is 18.6 Å². The van der Waals surface area contributed by atoms with Crippen molar-refractivity contribution >= 4 is 0 Å². The minimum Gasteiger partial charge on any atom is -0.497 e. The molecule has 0 N–H and O–H groups in total. The number of nitrogens with zero attached hydrogens (tertiary/aromatic N) is 1. The Morgan fingerprint density at radius 2 is 1.55 bits per heavy atom. The quantitative estimate of drug-likeness (QED) is 0.813. The average Bonchev–Trinajstić information content (AvgIpc) is 2.48. The van der Waals surface area contributed by atoms with Gasteiger partial charge in [0.2, 0.25) is 0 Å². The van der Waals surface area contributed by atoms with Gasteiger partial charge in [0.1, 0.15) is 5.75 Å². The molecule has 0 aliphatic heterocycles. The van der Waals surface area contributed by atoms with Gasteiger partial charge >= 0.3 is 0 Å². The Labute approximate surface area is 120 Å². The van der Waals surface area contributed by atoms with Crippen LogP contribution in [0.5, 0.6) is 5.75 Å². The first-order chi connectivity index (χ1) is 9.76. The van der Waals surface area contributed by atoms with E-state index in [9.17, 15) is 5.26 Å². The van der Waals surface area contributed by atoms with Gasteiger partial charge in [-0.25, -0.2) is 0 Å². The van der Waals surface area contributed by atoms with Crippen molar-refractivity contribution in [3.63, 3.8) is 0 Å². The van der Waals surface area contributed by atoms with E-state index in [1.54, 1.807) is 7.11 Å². The third kappa shape index (κ3) is 1.50. The minimum absolute atomic E-state index is 0.223. The molecule has 0 aromatic heterocycles. The maximum absolute atomic E-state index is 10.0. The molecule has 0 saturated heterocycles. The molecule has 4 saturated carbocycles. The van der Waals surface area contributed by atoms with Crippen LogP contribution in [0.2, 0.25) is 0 Å². The summed E-state index contributed by atoms with van der Waals surface area (Å²) in [6.45, 7) is 0. The van der Waals surface area contributed by atoms with Gasteiger partial charge in [-0.05, 0) is 73.5 Å². The lowest BCUT2D eigenvalue weighted by Gasteiger charge is -2.58. The molecule has 0 atom stereocenters. The molecule has 4 bridgehead atoms. The van der Waals surface area contributed by atoms with E-state index in [1.165, 1.54) is 37.7 Å². The van der Waals surface area contributed by atoms with Crippen molar-refractivity contribution in [1.29, 1.82) is 5.26 Å². The van der Waals surface area contributed by atoms with E-state index < -0.39 is 0 Å². The first-order valence-corrected chi connectivity index (χ1v) is 7.82. The zero-order valence-electron chi connectivity index (χ0n) is 12.0. The molecule has 2 heteroatoms. The minimum atomic E-state index is -0.223. The zero-order chi connectivity index (χ0) is 13.7. The Bertz CT molecular complexity index is 526. The first-order valence-electron chi connectivity index (χ1n) is 7.82. The lowest BCUT2D eigenvalue weighted by molar-refractivity contribution is -0.0348. The summed E-state index contributed by atoms with van der Waals surface area (Å²) in [5, 5.41) is 10.0. The number of hydrogen-bond acceptors (Lipinski definition) is 2. The molecule has 0 amide bonds. The number of methoxy groups -OCH3 is 1. The Kier molecular flexibility index (Phi) is 2.61. The number of hydrogen-bond donors (Lipinski definition) is 0. The second kappa shape index (κ2) is 4.25. The lowest BCUT2D eigenvalue weighted by Crippen LogP contribution is -2.54. The Morgan fingerprint density at radius 3 is 2.00 bits per heavy atom. The largest absolute Gasteiger partial charge is 0.497 e. The normalized spacial score (nSPS) is 41.4. The molecule has 2 nitrogen and oxygen atoms in total. The van der Waals surface area contributed by atoms with Crippen LogP contribution in [0.25, 0.3) is 0 Å². The lowest BCUT2D eigenvalue weighted by atomic mass is 9.44. The Morgan fingerprint density at radius 1 is 1.00 bits per heavy atom. The molecule has 20 heavy (non-hydrogen) atoms. The van der Waals surface area contributed by atoms with Gasteiger partial charge in [-0.2, -0.15) is 5.26 Å². The highest BCUT2D eigenvalue weighted by molar-refractivity contribution is 5.40. The number of benzene rings is 1. The zero-order valence-corrected chi connectivity index (χ0v) is 12.0. The van der Waals surface area contributed by atoms with E-state index in [0.29, 0.717) is 11.8 Å². The maximum Gasteiger partial charge on any atom is 0.118 e. The van der Waals surface area contributed by atoms with Gasteiger partial charge in [0.15, 0.2) is 0 Å². The van der Waals surface area contributed by atoms with Gasteiger partial charge in [-0.15, -0.1) is 0 Å². The topological polar surface area (TPSA) is 33.0 Å². The van der Waals surface area contributed by atoms with Crippen LogP contribution in [0.3, 0.4) is 0 Å². The van der Waals surface area contributed by atoms with E-state index >= 15 is 0 Å². The molecular weight excluding hydrogens is 246 g/mol. The van der Waals surface area contributed by atoms with Crippen molar-refractivity contribution in [2.75, 3.05) is 7.11 Å². The van der Waals surface area contributed by atoms with E-state index in [0.717, 1.165) is 17.6 Å². The molecule has 4 aliphatic carbocycles. The summed E-state index contributed by atoms with van der Waals surface area (Å²) in [5.41, 5.74) is 1.01. The predicted molar refractivity (Wildman–Crippen MR) is 77.3 cm³/mol. The van der Waals surface area contributed by atoms with Crippen LogP contribution in [-0.2, 0) is 5.41 Å². The second-order valence-electron chi connectivity index (χ2n) is 7.01. The van der Waals surface area contributed by atoms with E-state index in [2.05, 4.69) is 18.2 Å². The van der Waals surface area contributed by atoms with Crippen LogP contribution >= 0.6 is 0 Å². The summed E-state index contributed by atoms with van der Waals surface area (Å²) in [4.78, 5) is 0. The summed E-state index contributed by atoms with van der Waals surface area (Å²) in [6.07, 6.45) is 6.51. The molecule has 104 valence electrons. The smallest absolute Gasteiger partial charge is 0.118 e. The van der Waals surface area contributed by atoms with Crippen LogP contribution < -0.4 is 4.74 Å². The summed E-state index contributed by atoms with van der Waals surface area (Å²) < 4.78 is 5.26. The molecule has 4 aliphatic rings. The third-order valence-corrected chi connectivity index (χ3v) is 6.18. The van der Waals surface area contributed by atoms with Crippen LogP contribution in [0.1, 0.15) is 37.7 Å². The van der Waals surface area contributed by atoms with E-state index in [-0.39, 0.29) is 5.41 Å². The highest BCUT2D eigenvalue weighted by Crippen LogP contribution is 2.62. The van der Waals surface area contributed by atoms with Crippen molar-refractivity contribution in [2.24, 2.45) is 23.7 Å². The van der Waals surface area contributed by atoms with Gasteiger partial charge in [-0.1, -0.05) is 12.1 Å². The van der Waals surface area contributed by atoms with Gasteiger partial charge in [0, 0.05) is 0 Å². The molecule has 1 aromatic carbocycles. The number of ether oxygens (including phenoxy) is 1. The SMILES string of the molecule is COc1ccc(C2(C#N)C3CC4CC(C3)CC2C4)cc1. The van der Waals surface area contributed by atoms with Gasteiger partial charge in [0.25, 0.3) is 0 Å². The maximum atomic E-state index is 10.0. The summed E-state index contributed by atoms with van der Waals surface area (Å²) in [7, 11) is 1.69. The summed E-state index contributed by atoms with van der Waals surface area (Å²) >= 11 is 0. The fraction of sp³-hybridized carbons (Fsp3) is 0.611. The molecule has 0 heterocycles. The summed E-state index contributed by atoms with van der Waals surface area (Å²) in [5.74, 6) is 3.84. The summed E-state index contributed by atoms with van der Waals surface area (Å²) in [6, 6.07) is 11.1. The molecule has 0 spiro atoms. The molecular formula is C18H21NO. The fourth-order valence-electron chi connectivity index (χ4n) is 5.51. The van der Waals surface area contributed by atoms with Gasteiger partial charge in [-0.3, -0.25) is 0 Å². The Hall–Kier alpha value is -1.49. The average molecular weight is 267 g/mol. The second-order valence-corrected chi connectivity index (χ2v) is 7.01. The first kappa shape index (κ1) is 12.3. The van der Waals surface area contributed by atoms with Crippen LogP contribution in [0, 0.1) is 35.0 Å². The number of nitriles is 1. The Balaban J connectivity index is 1.78. The van der Waals surface area contributed by atoms with Crippen molar-refractivity contribution in [3.8, 4) is 11.8 Å². The highest BCUT2D eigenvalue weighted by atomic mass is 16.5. The third-order valence-electron chi connectivity index (χ3n) is 6.18. The molecule has 0 unspecified atom stereocenters. The highest BCUT2D eigenvalue weighted by Gasteiger charge is 2.58. The molecule has 5 rings (SSSR count). The van der Waals surface area contributed by atoms with E-state index in [1.807, 2.05) is 12.1 Å². The fourth-order valence-corrected chi connectivity index (χ4v) is 5.51. The number of rotatable bonds is 2. The van der Waals surface area contributed by atoms with Crippen LogP contribution in [0.15, 0.2) is 24.3 Å².